The van der Waals surface area contributed by atoms with E-state index in [1.807, 2.05) is 24.5 Å². The molecule has 0 radical (unpaired) electrons. The summed E-state index contributed by atoms with van der Waals surface area (Å²) in [7, 11) is 1.67. The lowest BCUT2D eigenvalue weighted by Crippen LogP contribution is -2.50. The lowest BCUT2D eigenvalue weighted by molar-refractivity contribution is -0.141. The molecule has 2 saturated heterocycles. The smallest absolute Gasteiger partial charge is 0.233 e. The highest BCUT2D eigenvalue weighted by Gasteiger charge is 2.44. The SMILES string of the molecule is COc1ccc(C2(C(=O)N3CCC[C@@H](Cc4cccc5cnccc45)CC3)CCOCC2)cc1. The van der Waals surface area contributed by atoms with Gasteiger partial charge in [-0.15, -0.1) is 0 Å². The van der Waals surface area contributed by atoms with Crippen LogP contribution in [0.3, 0.4) is 0 Å². The molecule has 5 rings (SSSR count). The molecule has 1 atom stereocenters. The van der Waals surface area contributed by atoms with Gasteiger partial charge in [-0.05, 0) is 79.2 Å². The number of aromatic nitrogens is 1. The number of pyridine rings is 1. The van der Waals surface area contributed by atoms with E-state index in [1.165, 1.54) is 16.3 Å². The molecule has 0 bridgehead atoms. The number of carbonyl (C=O) groups excluding carboxylic acids is 1. The Balaban J connectivity index is 1.32. The molecule has 5 nitrogen and oxygen atoms in total. The number of hydrogen-bond donors (Lipinski definition) is 0. The van der Waals surface area contributed by atoms with Crippen LogP contribution in [0.15, 0.2) is 60.9 Å². The zero-order chi connectivity index (χ0) is 23.4. The summed E-state index contributed by atoms with van der Waals surface area (Å²) in [6.07, 6.45) is 9.61. The number of ether oxygens (including phenoxy) is 2. The zero-order valence-electron chi connectivity index (χ0n) is 20.0. The Kier molecular flexibility index (Phi) is 6.82. The van der Waals surface area contributed by atoms with Crippen LogP contribution in [0.5, 0.6) is 5.75 Å². The van der Waals surface area contributed by atoms with Gasteiger partial charge in [0.05, 0.1) is 12.5 Å². The monoisotopic (exact) mass is 458 g/mol. The fraction of sp³-hybridized carbons (Fsp3) is 0.448. The normalized spacial score (nSPS) is 20.6. The minimum Gasteiger partial charge on any atom is -0.497 e. The number of nitrogens with zero attached hydrogens (tertiary/aromatic N) is 2. The van der Waals surface area contributed by atoms with Crippen molar-refractivity contribution < 1.29 is 14.3 Å². The van der Waals surface area contributed by atoms with E-state index in [0.717, 1.165) is 62.9 Å². The predicted octanol–water partition coefficient (Wildman–Crippen LogP) is 5.16. The number of hydrogen-bond acceptors (Lipinski definition) is 4. The van der Waals surface area contributed by atoms with Gasteiger partial charge in [-0.3, -0.25) is 9.78 Å². The number of fused-ring (bicyclic) bond motifs is 1. The Morgan fingerprint density at radius 1 is 1.09 bits per heavy atom. The fourth-order valence-corrected chi connectivity index (χ4v) is 5.81. The first-order valence-corrected chi connectivity index (χ1v) is 12.5. The molecule has 2 aromatic carbocycles. The molecule has 2 fully saturated rings. The van der Waals surface area contributed by atoms with E-state index in [-0.39, 0.29) is 5.91 Å². The Bertz CT molecular complexity index is 1120. The van der Waals surface area contributed by atoms with Gasteiger partial charge in [-0.25, -0.2) is 0 Å². The molecule has 2 aliphatic heterocycles. The second-order valence-electron chi connectivity index (χ2n) is 9.73. The molecule has 178 valence electrons. The largest absolute Gasteiger partial charge is 0.497 e. The van der Waals surface area contributed by atoms with Gasteiger partial charge in [0.2, 0.25) is 5.91 Å². The topological polar surface area (TPSA) is 51.7 Å². The first kappa shape index (κ1) is 22.9. The van der Waals surface area contributed by atoms with E-state index >= 15 is 0 Å². The number of methoxy groups -OCH3 is 1. The van der Waals surface area contributed by atoms with E-state index in [1.54, 1.807) is 7.11 Å². The summed E-state index contributed by atoms with van der Waals surface area (Å²) in [5.74, 6) is 1.68. The van der Waals surface area contributed by atoms with Crippen LogP contribution in [0.2, 0.25) is 0 Å². The molecule has 5 heteroatoms. The van der Waals surface area contributed by atoms with Gasteiger partial charge in [-0.1, -0.05) is 30.3 Å². The number of likely N-dealkylation sites (tertiary alicyclic amines) is 1. The minimum absolute atomic E-state index is 0.276. The van der Waals surface area contributed by atoms with Crippen LogP contribution in [0, 0.1) is 5.92 Å². The van der Waals surface area contributed by atoms with Crippen molar-refractivity contribution in [3.05, 3.63) is 72.1 Å². The molecular formula is C29H34N2O3. The van der Waals surface area contributed by atoms with Gasteiger partial charge in [-0.2, -0.15) is 0 Å². The summed E-state index contributed by atoms with van der Waals surface area (Å²) in [6.45, 7) is 2.93. The van der Waals surface area contributed by atoms with Crippen molar-refractivity contribution in [1.29, 1.82) is 0 Å². The highest BCUT2D eigenvalue weighted by molar-refractivity contribution is 5.88. The van der Waals surface area contributed by atoms with Gasteiger partial charge in [0, 0.05) is 44.1 Å². The average Bonchev–Trinajstić information content (AvgIpc) is 3.14. The maximum atomic E-state index is 14.1. The first-order valence-electron chi connectivity index (χ1n) is 12.5. The van der Waals surface area contributed by atoms with E-state index in [2.05, 4.69) is 46.3 Å². The molecule has 34 heavy (non-hydrogen) atoms. The van der Waals surface area contributed by atoms with Crippen molar-refractivity contribution in [2.75, 3.05) is 33.4 Å². The minimum atomic E-state index is -0.493. The Hall–Kier alpha value is -2.92. The molecule has 1 amide bonds. The van der Waals surface area contributed by atoms with Crippen molar-refractivity contribution in [2.24, 2.45) is 5.92 Å². The number of benzene rings is 2. The summed E-state index contributed by atoms with van der Waals surface area (Å²) in [4.78, 5) is 20.5. The zero-order valence-corrected chi connectivity index (χ0v) is 20.0. The van der Waals surface area contributed by atoms with E-state index in [0.29, 0.717) is 19.1 Å². The highest BCUT2D eigenvalue weighted by Crippen LogP contribution is 2.38. The maximum absolute atomic E-state index is 14.1. The number of rotatable bonds is 5. The third kappa shape index (κ3) is 4.54. The van der Waals surface area contributed by atoms with Crippen LogP contribution < -0.4 is 4.74 Å². The van der Waals surface area contributed by atoms with Crippen LogP contribution >= 0.6 is 0 Å². The number of carbonyl (C=O) groups is 1. The molecular weight excluding hydrogens is 424 g/mol. The third-order valence-corrected chi connectivity index (χ3v) is 7.81. The van der Waals surface area contributed by atoms with Crippen molar-refractivity contribution in [3.63, 3.8) is 0 Å². The molecule has 3 heterocycles. The summed E-state index contributed by atoms with van der Waals surface area (Å²) in [6, 6.07) is 16.7. The molecule has 2 aliphatic rings. The quantitative estimate of drug-likeness (QED) is 0.530. The summed E-state index contributed by atoms with van der Waals surface area (Å²) >= 11 is 0. The summed E-state index contributed by atoms with van der Waals surface area (Å²) in [5, 5.41) is 2.50. The van der Waals surface area contributed by atoms with Gasteiger partial charge in [0.15, 0.2) is 0 Å². The summed E-state index contributed by atoms with van der Waals surface area (Å²) in [5.41, 5.74) is 1.99. The highest BCUT2D eigenvalue weighted by atomic mass is 16.5. The van der Waals surface area contributed by atoms with Crippen LogP contribution in [0.25, 0.3) is 10.8 Å². The Morgan fingerprint density at radius 2 is 1.91 bits per heavy atom. The lowest BCUT2D eigenvalue weighted by atomic mass is 9.73. The Morgan fingerprint density at radius 3 is 2.71 bits per heavy atom. The second-order valence-corrected chi connectivity index (χ2v) is 9.73. The molecule has 0 spiro atoms. The van der Waals surface area contributed by atoms with E-state index in [4.69, 9.17) is 9.47 Å². The lowest BCUT2D eigenvalue weighted by Gasteiger charge is -2.40. The standard InChI is InChI=1S/C29H34N2O3/c1-33-26-9-7-25(8-10-26)29(13-18-34-19-14-29)28(32)31-16-3-4-22(12-17-31)20-23-5-2-6-24-21-30-15-11-27(23)24/h2,5-11,15,21-22H,3-4,12-14,16-20H2,1H3/t22-/m1/s1. The fourth-order valence-electron chi connectivity index (χ4n) is 5.81. The Labute approximate surface area is 202 Å². The first-order chi connectivity index (χ1) is 16.7. The third-order valence-electron chi connectivity index (χ3n) is 7.81. The van der Waals surface area contributed by atoms with E-state index in [9.17, 15) is 4.79 Å². The van der Waals surface area contributed by atoms with Crippen molar-refractivity contribution >= 4 is 16.7 Å². The average molecular weight is 459 g/mol. The van der Waals surface area contributed by atoms with Gasteiger partial charge in [0.1, 0.15) is 5.75 Å². The molecule has 0 saturated carbocycles. The van der Waals surface area contributed by atoms with Crippen molar-refractivity contribution in [2.45, 2.75) is 43.9 Å². The second kappa shape index (κ2) is 10.1. The van der Waals surface area contributed by atoms with Crippen LogP contribution in [-0.2, 0) is 21.4 Å². The van der Waals surface area contributed by atoms with Crippen molar-refractivity contribution in [3.8, 4) is 5.75 Å². The molecule has 0 aliphatic carbocycles. The van der Waals surface area contributed by atoms with Gasteiger partial charge in [0.25, 0.3) is 0 Å². The van der Waals surface area contributed by atoms with Crippen LogP contribution in [0.4, 0.5) is 0 Å². The molecule has 3 aromatic rings. The van der Waals surface area contributed by atoms with Gasteiger partial charge < -0.3 is 14.4 Å². The van der Waals surface area contributed by atoms with Gasteiger partial charge >= 0.3 is 0 Å². The maximum Gasteiger partial charge on any atom is 0.233 e. The van der Waals surface area contributed by atoms with Crippen LogP contribution in [-0.4, -0.2) is 49.2 Å². The van der Waals surface area contributed by atoms with E-state index < -0.39 is 5.41 Å². The summed E-state index contributed by atoms with van der Waals surface area (Å²) < 4.78 is 11.0. The van der Waals surface area contributed by atoms with Crippen LogP contribution in [0.1, 0.15) is 43.2 Å². The van der Waals surface area contributed by atoms with Crippen molar-refractivity contribution in [1.82, 2.24) is 9.88 Å². The molecule has 0 unspecified atom stereocenters. The molecule has 1 aromatic heterocycles. The predicted molar refractivity (Wildman–Crippen MR) is 134 cm³/mol. The molecule has 0 N–H and O–H groups in total. The number of amides is 1.